The van der Waals surface area contributed by atoms with Gasteiger partial charge >= 0.3 is 0 Å². The fraction of sp³-hybridized carbons (Fsp3) is 0.778. The van der Waals surface area contributed by atoms with Crippen LogP contribution in [0.2, 0.25) is 0 Å². The van der Waals surface area contributed by atoms with Crippen LogP contribution >= 0.6 is 0 Å². The van der Waals surface area contributed by atoms with Crippen LogP contribution in [0.15, 0.2) is 4.52 Å². The minimum absolute atomic E-state index is 0.0368. The maximum atomic E-state index is 5.86. The molecule has 15 heavy (non-hydrogen) atoms. The number of nitrogens with two attached hydrogens (primary N) is 1. The molecule has 1 fully saturated rings. The van der Waals surface area contributed by atoms with Gasteiger partial charge in [0, 0.05) is 19.6 Å². The summed E-state index contributed by atoms with van der Waals surface area (Å²) in [5.74, 6) is 1.22. The third-order valence-electron chi connectivity index (χ3n) is 2.69. The van der Waals surface area contributed by atoms with E-state index in [1.165, 1.54) is 0 Å². The Labute approximate surface area is 88.4 Å². The molecule has 1 aliphatic heterocycles. The number of hydrogen-bond acceptors (Lipinski definition) is 6. The van der Waals surface area contributed by atoms with Gasteiger partial charge in [0.05, 0.1) is 19.1 Å². The second-order valence-corrected chi connectivity index (χ2v) is 3.75. The first kappa shape index (κ1) is 10.4. The molecular weight excluding hydrogens is 196 g/mol. The number of anilines is 1. The van der Waals surface area contributed by atoms with Gasteiger partial charge < -0.3 is 19.9 Å². The van der Waals surface area contributed by atoms with Crippen molar-refractivity contribution in [1.29, 1.82) is 0 Å². The van der Waals surface area contributed by atoms with Gasteiger partial charge in [-0.2, -0.15) is 4.98 Å². The largest absolute Gasteiger partial charge is 0.379 e. The molecule has 2 heterocycles. The molecule has 0 saturated carbocycles. The summed E-state index contributed by atoms with van der Waals surface area (Å²) in [6, 6.07) is -0.0368. The summed E-state index contributed by atoms with van der Waals surface area (Å²) in [5.41, 5.74) is 5.86. The predicted octanol–water partition coefficient (Wildman–Crippen LogP) is -0.0332. The molecule has 0 radical (unpaired) electrons. The molecule has 84 valence electrons. The van der Waals surface area contributed by atoms with Crippen LogP contribution in [0.4, 0.5) is 5.95 Å². The molecule has 6 nitrogen and oxygen atoms in total. The van der Waals surface area contributed by atoms with Crippen LogP contribution in [-0.2, 0) is 4.74 Å². The molecule has 2 atom stereocenters. The molecule has 1 aliphatic rings. The van der Waals surface area contributed by atoms with E-state index < -0.39 is 0 Å². The average molecular weight is 212 g/mol. The molecule has 0 aliphatic carbocycles. The SMILES string of the molecule is CCN(C)c1noc(C2COCC2N)n1. The Morgan fingerprint density at radius 3 is 2.93 bits per heavy atom. The number of aromatic nitrogens is 2. The minimum Gasteiger partial charge on any atom is -0.379 e. The fourth-order valence-electron chi connectivity index (χ4n) is 1.50. The quantitative estimate of drug-likeness (QED) is 0.758. The van der Waals surface area contributed by atoms with Crippen molar-refractivity contribution < 1.29 is 9.26 Å². The highest BCUT2D eigenvalue weighted by Crippen LogP contribution is 2.24. The van der Waals surface area contributed by atoms with E-state index in [2.05, 4.69) is 10.1 Å². The van der Waals surface area contributed by atoms with Crippen molar-refractivity contribution >= 4 is 5.95 Å². The molecule has 0 amide bonds. The van der Waals surface area contributed by atoms with Gasteiger partial charge in [-0.3, -0.25) is 0 Å². The summed E-state index contributed by atoms with van der Waals surface area (Å²) in [4.78, 5) is 6.21. The van der Waals surface area contributed by atoms with Crippen molar-refractivity contribution in [1.82, 2.24) is 10.1 Å². The lowest BCUT2D eigenvalue weighted by Gasteiger charge is -2.09. The van der Waals surface area contributed by atoms with Crippen LogP contribution in [0, 0.1) is 0 Å². The van der Waals surface area contributed by atoms with Crippen LogP contribution in [0.5, 0.6) is 0 Å². The maximum absolute atomic E-state index is 5.86. The normalized spacial score (nSPS) is 25.8. The molecule has 1 saturated heterocycles. The van der Waals surface area contributed by atoms with Crippen molar-refractivity contribution in [3.8, 4) is 0 Å². The molecule has 1 aromatic rings. The topological polar surface area (TPSA) is 77.4 Å². The standard InChI is InChI=1S/C9H16N4O2/c1-3-13(2)9-11-8(15-12-9)6-4-14-5-7(6)10/h6-7H,3-5,10H2,1-2H3. The smallest absolute Gasteiger partial charge is 0.265 e. The lowest BCUT2D eigenvalue weighted by molar-refractivity contribution is 0.187. The summed E-state index contributed by atoms with van der Waals surface area (Å²) in [7, 11) is 1.92. The van der Waals surface area contributed by atoms with E-state index in [4.69, 9.17) is 15.0 Å². The Morgan fingerprint density at radius 2 is 2.33 bits per heavy atom. The van der Waals surface area contributed by atoms with Crippen LogP contribution in [0.25, 0.3) is 0 Å². The maximum Gasteiger partial charge on any atom is 0.265 e. The summed E-state index contributed by atoms with van der Waals surface area (Å²) in [5, 5.41) is 3.89. The van der Waals surface area contributed by atoms with Crippen molar-refractivity contribution in [2.24, 2.45) is 5.73 Å². The Kier molecular flexibility index (Phi) is 2.88. The van der Waals surface area contributed by atoms with E-state index in [0.717, 1.165) is 6.54 Å². The fourth-order valence-corrected chi connectivity index (χ4v) is 1.50. The van der Waals surface area contributed by atoms with Gasteiger partial charge in [-0.05, 0) is 12.1 Å². The van der Waals surface area contributed by atoms with E-state index in [0.29, 0.717) is 25.1 Å². The van der Waals surface area contributed by atoms with Gasteiger partial charge in [0.15, 0.2) is 0 Å². The highest BCUT2D eigenvalue weighted by atomic mass is 16.5. The Bertz CT molecular complexity index is 328. The first-order valence-electron chi connectivity index (χ1n) is 5.10. The molecule has 2 N–H and O–H groups in total. The third-order valence-corrected chi connectivity index (χ3v) is 2.69. The highest BCUT2D eigenvalue weighted by Gasteiger charge is 2.31. The molecule has 6 heteroatoms. The van der Waals surface area contributed by atoms with E-state index in [-0.39, 0.29) is 12.0 Å². The Balaban J connectivity index is 2.12. The van der Waals surface area contributed by atoms with Gasteiger partial charge in [-0.15, -0.1) is 0 Å². The van der Waals surface area contributed by atoms with Gasteiger partial charge in [0.25, 0.3) is 5.95 Å². The summed E-state index contributed by atoms with van der Waals surface area (Å²) in [6.07, 6.45) is 0. The molecule has 0 spiro atoms. The summed E-state index contributed by atoms with van der Waals surface area (Å²) in [6.45, 7) is 4.00. The first-order valence-corrected chi connectivity index (χ1v) is 5.10. The van der Waals surface area contributed by atoms with Crippen LogP contribution in [0.3, 0.4) is 0 Å². The second kappa shape index (κ2) is 4.16. The lowest BCUT2D eigenvalue weighted by atomic mass is 10.1. The van der Waals surface area contributed by atoms with Crippen LogP contribution in [-0.4, -0.2) is 43.0 Å². The molecule has 2 unspecified atom stereocenters. The number of rotatable bonds is 3. The molecule has 0 bridgehead atoms. The first-order chi connectivity index (χ1) is 7.22. The minimum atomic E-state index is -0.0368. The van der Waals surface area contributed by atoms with Crippen molar-refractivity contribution in [3.05, 3.63) is 5.89 Å². The van der Waals surface area contributed by atoms with Crippen molar-refractivity contribution in [2.45, 2.75) is 18.9 Å². The summed E-state index contributed by atoms with van der Waals surface area (Å²) < 4.78 is 10.4. The van der Waals surface area contributed by atoms with Crippen LogP contribution in [0.1, 0.15) is 18.7 Å². The summed E-state index contributed by atoms with van der Waals surface area (Å²) >= 11 is 0. The zero-order chi connectivity index (χ0) is 10.8. The van der Waals surface area contributed by atoms with E-state index in [1.807, 2.05) is 18.9 Å². The average Bonchev–Trinajstić information content (AvgIpc) is 2.84. The van der Waals surface area contributed by atoms with Crippen molar-refractivity contribution in [2.75, 3.05) is 31.7 Å². The van der Waals surface area contributed by atoms with Crippen LogP contribution < -0.4 is 10.6 Å². The van der Waals surface area contributed by atoms with E-state index in [9.17, 15) is 0 Å². The molecule has 0 aromatic carbocycles. The lowest BCUT2D eigenvalue weighted by Crippen LogP contribution is -2.27. The van der Waals surface area contributed by atoms with Crippen molar-refractivity contribution in [3.63, 3.8) is 0 Å². The second-order valence-electron chi connectivity index (χ2n) is 3.75. The highest BCUT2D eigenvalue weighted by molar-refractivity contribution is 5.26. The predicted molar refractivity (Wildman–Crippen MR) is 54.8 cm³/mol. The van der Waals surface area contributed by atoms with E-state index >= 15 is 0 Å². The Morgan fingerprint density at radius 1 is 1.53 bits per heavy atom. The molecule has 1 aromatic heterocycles. The number of ether oxygens (including phenoxy) is 1. The van der Waals surface area contributed by atoms with Gasteiger partial charge in [-0.25, -0.2) is 0 Å². The molecule has 2 rings (SSSR count). The monoisotopic (exact) mass is 212 g/mol. The Hall–Kier alpha value is -1.14. The number of nitrogens with zero attached hydrogens (tertiary/aromatic N) is 3. The molecular formula is C9H16N4O2. The third kappa shape index (κ3) is 1.95. The zero-order valence-electron chi connectivity index (χ0n) is 9.01. The van der Waals surface area contributed by atoms with Gasteiger partial charge in [-0.1, -0.05) is 0 Å². The zero-order valence-corrected chi connectivity index (χ0v) is 9.01. The van der Waals surface area contributed by atoms with Gasteiger partial charge in [0.1, 0.15) is 0 Å². The number of hydrogen-bond donors (Lipinski definition) is 1. The van der Waals surface area contributed by atoms with E-state index in [1.54, 1.807) is 0 Å². The van der Waals surface area contributed by atoms with Gasteiger partial charge in [0.2, 0.25) is 5.89 Å².